The average Bonchev–Trinajstić information content (AvgIpc) is 3.20. The molecule has 0 aromatic rings. The van der Waals surface area contributed by atoms with E-state index in [2.05, 4.69) is 31.0 Å². The van der Waals surface area contributed by atoms with Gasteiger partial charge in [0.15, 0.2) is 0 Å². The van der Waals surface area contributed by atoms with Crippen LogP contribution < -0.4 is 5.32 Å². The monoisotopic (exact) mass is 292 g/mol. The highest BCUT2D eigenvalue weighted by Gasteiger charge is 2.51. The Morgan fingerprint density at radius 1 is 1.19 bits per heavy atom. The summed E-state index contributed by atoms with van der Waals surface area (Å²) in [6.07, 6.45) is 11.8. The molecule has 3 atom stereocenters. The summed E-state index contributed by atoms with van der Waals surface area (Å²) in [5, 5.41) is 3.74. The van der Waals surface area contributed by atoms with E-state index < -0.39 is 0 Å². The van der Waals surface area contributed by atoms with E-state index in [1.165, 1.54) is 51.4 Å². The van der Waals surface area contributed by atoms with Crippen LogP contribution in [-0.2, 0) is 4.79 Å². The molecule has 120 valence electrons. The molecule has 2 aliphatic carbocycles. The maximum atomic E-state index is 13.1. The highest BCUT2D eigenvalue weighted by Crippen LogP contribution is 2.39. The van der Waals surface area contributed by atoms with Crippen LogP contribution >= 0.6 is 0 Å². The summed E-state index contributed by atoms with van der Waals surface area (Å²) in [5.74, 6) is 1.76. The quantitative estimate of drug-likeness (QED) is 0.857. The van der Waals surface area contributed by atoms with Crippen LogP contribution in [0.2, 0.25) is 0 Å². The predicted octanol–water partition coefficient (Wildman–Crippen LogP) is 3.68. The molecule has 1 amide bonds. The Balaban J connectivity index is 1.83. The molecule has 3 heteroatoms. The fraction of sp³-hybridized carbons (Fsp3) is 0.944. The van der Waals surface area contributed by atoms with Crippen LogP contribution in [0.3, 0.4) is 0 Å². The maximum Gasteiger partial charge on any atom is 0.244 e. The molecular weight excluding hydrogens is 260 g/mol. The molecule has 3 unspecified atom stereocenters. The Morgan fingerprint density at radius 2 is 1.76 bits per heavy atom. The van der Waals surface area contributed by atoms with Crippen molar-refractivity contribution < 1.29 is 4.79 Å². The molecule has 2 saturated carbocycles. The van der Waals surface area contributed by atoms with Gasteiger partial charge in [0.2, 0.25) is 5.91 Å². The maximum absolute atomic E-state index is 13.1. The number of nitrogens with one attached hydrogen (secondary N) is 1. The first-order valence-corrected chi connectivity index (χ1v) is 9.17. The van der Waals surface area contributed by atoms with E-state index in [9.17, 15) is 4.79 Å². The van der Waals surface area contributed by atoms with E-state index >= 15 is 0 Å². The third-order valence-electron chi connectivity index (χ3n) is 6.55. The Hall–Kier alpha value is -0.570. The summed E-state index contributed by atoms with van der Waals surface area (Å²) >= 11 is 0. The van der Waals surface area contributed by atoms with Crippen molar-refractivity contribution in [1.29, 1.82) is 0 Å². The minimum atomic E-state index is -0.333. The standard InChI is InChI=1S/C18H32N2O/c1-4-18(3)17(21)20(13(2)14-9-5-6-10-14)16(19-18)15-11-7-8-12-15/h13-16,19H,4-12H2,1-3H3. The fourth-order valence-corrected chi connectivity index (χ4v) is 4.85. The first-order chi connectivity index (χ1) is 10.1. The number of rotatable bonds is 4. The first-order valence-electron chi connectivity index (χ1n) is 9.17. The van der Waals surface area contributed by atoms with Crippen molar-refractivity contribution in [3.8, 4) is 0 Å². The van der Waals surface area contributed by atoms with Gasteiger partial charge in [-0.3, -0.25) is 10.1 Å². The van der Waals surface area contributed by atoms with Crippen molar-refractivity contribution >= 4 is 5.91 Å². The molecule has 0 spiro atoms. The molecule has 0 aromatic heterocycles. The second-order valence-corrected chi connectivity index (χ2v) is 7.82. The smallest absolute Gasteiger partial charge is 0.244 e. The van der Waals surface area contributed by atoms with Gasteiger partial charge in [0.05, 0.1) is 11.7 Å². The summed E-state index contributed by atoms with van der Waals surface area (Å²) in [6.45, 7) is 6.55. The zero-order valence-electron chi connectivity index (χ0n) is 14.0. The van der Waals surface area contributed by atoms with Crippen LogP contribution in [0.15, 0.2) is 0 Å². The molecule has 1 aliphatic heterocycles. The van der Waals surface area contributed by atoms with E-state index in [-0.39, 0.29) is 5.54 Å². The lowest BCUT2D eigenvalue weighted by Gasteiger charge is -2.36. The van der Waals surface area contributed by atoms with Crippen molar-refractivity contribution in [2.24, 2.45) is 11.8 Å². The van der Waals surface area contributed by atoms with Crippen LogP contribution in [0.5, 0.6) is 0 Å². The van der Waals surface area contributed by atoms with Crippen LogP contribution in [-0.4, -0.2) is 28.6 Å². The van der Waals surface area contributed by atoms with Gasteiger partial charge in [-0.05, 0) is 57.8 Å². The minimum Gasteiger partial charge on any atom is -0.322 e. The summed E-state index contributed by atoms with van der Waals surface area (Å²) in [7, 11) is 0. The van der Waals surface area contributed by atoms with Gasteiger partial charge in [-0.25, -0.2) is 0 Å². The van der Waals surface area contributed by atoms with E-state index in [0.29, 0.717) is 24.0 Å². The van der Waals surface area contributed by atoms with E-state index in [1.807, 2.05) is 0 Å². The molecule has 0 radical (unpaired) electrons. The molecule has 3 nitrogen and oxygen atoms in total. The number of carbonyl (C=O) groups excluding carboxylic acids is 1. The van der Waals surface area contributed by atoms with Crippen LogP contribution in [0, 0.1) is 11.8 Å². The average molecular weight is 292 g/mol. The van der Waals surface area contributed by atoms with Gasteiger partial charge in [-0.15, -0.1) is 0 Å². The van der Waals surface area contributed by atoms with Crippen LogP contribution in [0.1, 0.15) is 78.6 Å². The van der Waals surface area contributed by atoms with Crippen molar-refractivity contribution in [2.45, 2.75) is 96.3 Å². The van der Waals surface area contributed by atoms with Gasteiger partial charge in [0.25, 0.3) is 0 Å². The van der Waals surface area contributed by atoms with Crippen LogP contribution in [0.25, 0.3) is 0 Å². The summed E-state index contributed by atoms with van der Waals surface area (Å²) in [4.78, 5) is 15.4. The zero-order chi connectivity index (χ0) is 15.0. The van der Waals surface area contributed by atoms with Gasteiger partial charge in [0, 0.05) is 6.04 Å². The molecule has 1 saturated heterocycles. The Bertz CT molecular complexity index is 385. The normalized spacial score (nSPS) is 36.8. The Kier molecular flexibility index (Phi) is 4.31. The lowest BCUT2D eigenvalue weighted by atomic mass is 9.94. The van der Waals surface area contributed by atoms with E-state index in [0.717, 1.165) is 12.3 Å². The van der Waals surface area contributed by atoms with Gasteiger partial charge in [-0.2, -0.15) is 0 Å². The third kappa shape index (κ3) is 2.62. The SMILES string of the molecule is CCC1(C)NC(C2CCCC2)N(C(C)C2CCCC2)C1=O. The van der Waals surface area contributed by atoms with Crippen molar-refractivity contribution in [3.05, 3.63) is 0 Å². The second-order valence-electron chi connectivity index (χ2n) is 7.82. The third-order valence-corrected chi connectivity index (χ3v) is 6.55. The van der Waals surface area contributed by atoms with Crippen molar-refractivity contribution in [2.75, 3.05) is 0 Å². The van der Waals surface area contributed by atoms with Gasteiger partial charge >= 0.3 is 0 Å². The van der Waals surface area contributed by atoms with E-state index in [4.69, 9.17) is 0 Å². The topological polar surface area (TPSA) is 32.3 Å². The highest BCUT2D eigenvalue weighted by atomic mass is 16.2. The lowest BCUT2D eigenvalue weighted by molar-refractivity contribution is -0.136. The van der Waals surface area contributed by atoms with Gasteiger partial charge in [0.1, 0.15) is 0 Å². The minimum absolute atomic E-state index is 0.292. The number of carbonyl (C=O) groups is 1. The molecule has 1 N–H and O–H groups in total. The molecule has 21 heavy (non-hydrogen) atoms. The number of hydrogen-bond donors (Lipinski definition) is 1. The second kappa shape index (κ2) is 5.91. The van der Waals surface area contributed by atoms with Crippen LogP contribution in [0.4, 0.5) is 0 Å². The fourth-order valence-electron chi connectivity index (χ4n) is 4.85. The lowest BCUT2D eigenvalue weighted by Crippen LogP contribution is -2.49. The number of nitrogens with zero attached hydrogens (tertiary/aromatic N) is 1. The van der Waals surface area contributed by atoms with Crippen molar-refractivity contribution in [3.63, 3.8) is 0 Å². The predicted molar refractivity (Wildman–Crippen MR) is 85.8 cm³/mol. The molecule has 3 aliphatic rings. The molecule has 3 fully saturated rings. The number of hydrogen-bond acceptors (Lipinski definition) is 2. The van der Waals surface area contributed by atoms with E-state index in [1.54, 1.807) is 0 Å². The summed E-state index contributed by atoms with van der Waals surface area (Å²) < 4.78 is 0. The summed E-state index contributed by atoms with van der Waals surface area (Å²) in [5.41, 5.74) is -0.333. The van der Waals surface area contributed by atoms with Gasteiger partial charge in [-0.1, -0.05) is 32.6 Å². The molecule has 0 bridgehead atoms. The zero-order valence-corrected chi connectivity index (χ0v) is 14.0. The number of amides is 1. The van der Waals surface area contributed by atoms with Gasteiger partial charge < -0.3 is 4.90 Å². The first kappa shape index (κ1) is 15.3. The molecule has 3 rings (SSSR count). The highest BCUT2D eigenvalue weighted by molar-refractivity contribution is 5.88. The Morgan fingerprint density at radius 3 is 2.33 bits per heavy atom. The molecule has 1 heterocycles. The molecular formula is C18H32N2O. The Labute approximate surface area is 129 Å². The summed E-state index contributed by atoms with van der Waals surface area (Å²) in [6, 6.07) is 0.409. The molecule has 0 aromatic carbocycles. The largest absolute Gasteiger partial charge is 0.322 e. The van der Waals surface area contributed by atoms with Crippen molar-refractivity contribution in [1.82, 2.24) is 10.2 Å².